The largest absolute Gasteiger partial charge is 0.371 e. The van der Waals surface area contributed by atoms with Gasteiger partial charge in [0.15, 0.2) is 0 Å². The minimum atomic E-state index is -3.56. The van der Waals surface area contributed by atoms with E-state index in [1.165, 1.54) is 0 Å². The molecule has 2 aromatic rings. The fraction of sp³-hybridized carbons (Fsp3) is 0.333. The van der Waals surface area contributed by atoms with Crippen LogP contribution in [-0.4, -0.2) is 34.6 Å². The topological polar surface area (TPSA) is 61.4 Å². The molecule has 0 aromatic heterocycles. The zero-order valence-corrected chi connectivity index (χ0v) is 14.6. The number of anilines is 2. The van der Waals surface area contributed by atoms with Crippen LogP contribution in [0.5, 0.6) is 0 Å². The van der Waals surface area contributed by atoms with Gasteiger partial charge in [-0.05, 0) is 56.3 Å². The molecule has 0 aliphatic carbocycles. The fourth-order valence-corrected chi connectivity index (χ4v) is 4.08. The summed E-state index contributed by atoms with van der Waals surface area (Å²) in [6, 6.07) is 16.5. The molecule has 0 amide bonds. The lowest BCUT2D eigenvalue weighted by atomic mass is 10.0. The van der Waals surface area contributed by atoms with Crippen LogP contribution in [0.1, 0.15) is 12.8 Å². The van der Waals surface area contributed by atoms with Crippen molar-refractivity contribution in [2.75, 3.05) is 29.8 Å². The lowest BCUT2D eigenvalue weighted by Crippen LogP contribution is -2.41. The summed E-state index contributed by atoms with van der Waals surface area (Å²) in [5.74, 6) is 0. The summed E-state index contributed by atoms with van der Waals surface area (Å²) in [6.45, 7) is 2.05. The molecule has 1 fully saturated rings. The van der Waals surface area contributed by atoms with Crippen LogP contribution < -0.4 is 14.9 Å². The van der Waals surface area contributed by atoms with Crippen molar-refractivity contribution in [3.63, 3.8) is 0 Å². The van der Waals surface area contributed by atoms with Gasteiger partial charge >= 0.3 is 0 Å². The van der Waals surface area contributed by atoms with Crippen molar-refractivity contribution < 1.29 is 8.42 Å². The Hall–Kier alpha value is -2.05. The number of rotatable bonds is 5. The zero-order valence-electron chi connectivity index (χ0n) is 13.8. The van der Waals surface area contributed by atoms with Crippen LogP contribution in [0.25, 0.3) is 0 Å². The average molecular weight is 345 g/mol. The van der Waals surface area contributed by atoms with Gasteiger partial charge in [0.2, 0.25) is 0 Å². The van der Waals surface area contributed by atoms with Gasteiger partial charge in [-0.15, -0.1) is 0 Å². The number of hydrogen-bond donors (Lipinski definition) is 2. The van der Waals surface area contributed by atoms with Gasteiger partial charge in [0, 0.05) is 18.8 Å². The molecular weight excluding hydrogens is 322 g/mol. The van der Waals surface area contributed by atoms with Gasteiger partial charge in [0.1, 0.15) is 0 Å². The molecule has 128 valence electrons. The predicted octanol–water partition coefficient (Wildman–Crippen LogP) is 2.68. The van der Waals surface area contributed by atoms with Crippen LogP contribution in [0, 0.1) is 0 Å². The maximum absolute atomic E-state index is 12.5. The first kappa shape index (κ1) is 16.8. The maximum Gasteiger partial charge on any atom is 0.261 e. The number of nitrogens with zero attached hydrogens (tertiary/aromatic N) is 1. The Morgan fingerprint density at radius 2 is 1.75 bits per heavy atom. The van der Waals surface area contributed by atoms with Crippen molar-refractivity contribution in [3.8, 4) is 0 Å². The Labute approximate surface area is 143 Å². The second kappa shape index (κ2) is 7.23. The Balaban J connectivity index is 1.78. The first-order valence-electron chi connectivity index (χ1n) is 8.18. The van der Waals surface area contributed by atoms with Gasteiger partial charge in [-0.3, -0.25) is 4.72 Å². The Morgan fingerprint density at radius 1 is 1.04 bits per heavy atom. The van der Waals surface area contributed by atoms with E-state index in [1.807, 2.05) is 18.2 Å². The molecule has 1 saturated heterocycles. The number of nitrogens with one attached hydrogen (secondary N) is 2. The molecule has 5 nitrogen and oxygen atoms in total. The molecule has 1 heterocycles. The summed E-state index contributed by atoms with van der Waals surface area (Å²) in [6.07, 6.45) is 2.19. The summed E-state index contributed by atoms with van der Waals surface area (Å²) >= 11 is 0. The van der Waals surface area contributed by atoms with Gasteiger partial charge < -0.3 is 10.2 Å². The molecule has 2 aromatic carbocycles. The van der Waals surface area contributed by atoms with Crippen molar-refractivity contribution in [2.45, 2.75) is 23.8 Å². The quantitative estimate of drug-likeness (QED) is 0.875. The fourth-order valence-electron chi connectivity index (χ4n) is 3.01. The second-order valence-electron chi connectivity index (χ2n) is 6.06. The van der Waals surface area contributed by atoms with Crippen LogP contribution in [0.3, 0.4) is 0 Å². The van der Waals surface area contributed by atoms with E-state index in [-0.39, 0.29) is 4.90 Å². The van der Waals surface area contributed by atoms with Crippen molar-refractivity contribution >= 4 is 21.4 Å². The molecule has 0 spiro atoms. The van der Waals surface area contributed by atoms with E-state index >= 15 is 0 Å². The summed E-state index contributed by atoms with van der Waals surface area (Å²) in [4.78, 5) is 2.50. The molecule has 1 aliphatic heterocycles. The summed E-state index contributed by atoms with van der Waals surface area (Å²) in [5.41, 5.74) is 1.60. The molecule has 0 bridgehead atoms. The van der Waals surface area contributed by atoms with E-state index in [2.05, 4.69) is 22.0 Å². The van der Waals surface area contributed by atoms with Crippen molar-refractivity contribution in [1.82, 2.24) is 5.32 Å². The lowest BCUT2D eigenvalue weighted by Gasteiger charge is -2.33. The van der Waals surface area contributed by atoms with Gasteiger partial charge in [-0.25, -0.2) is 8.42 Å². The molecule has 0 radical (unpaired) electrons. The molecule has 3 rings (SSSR count). The molecule has 0 atom stereocenters. The highest BCUT2D eigenvalue weighted by Crippen LogP contribution is 2.24. The summed E-state index contributed by atoms with van der Waals surface area (Å²) in [7, 11) is -1.49. The molecule has 24 heavy (non-hydrogen) atoms. The van der Waals surface area contributed by atoms with Gasteiger partial charge in [-0.2, -0.15) is 0 Å². The minimum absolute atomic E-state index is 0.266. The molecule has 2 N–H and O–H groups in total. The third-order valence-electron chi connectivity index (χ3n) is 4.42. The third kappa shape index (κ3) is 3.88. The van der Waals surface area contributed by atoms with E-state index in [9.17, 15) is 8.42 Å². The van der Waals surface area contributed by atoms with E-state index in [0.717, 1.165) is 31.6 Å². The van der Waals surface area contributed by atoms with Crippen LogP contribution >= 0.6 is 0 Å². The van der Waals surface area contributed by atoms with Crippen molar-refractivity contribution in [2.24, 2.45) is 0 Å². The number of sulfonamides is 1. The summed E-state index contributed by atoms with van der Waals surface area (Å²) < 4.78 is 27.6. The molecule has 1 aliphatic rings. The van der Waals surface area contributed by atoms with E-state index < -0.39 is 10.0 Å². The van der Waals surface area contributed by atoms with Crippen molar-refractivity contribution in [1.29, 1.82) is 0 Å². The Morgan fingerprint density at radius 3 is 2.46 bits per heavy atom. The molecule has 0 unspecified atom stereocenters. The Bertz CT molecular complexity index is 772. The standard InChI is InChI=1S/C18H23N3O2S/c1-21(16-10-12-19-13-11-16)17-7-5-6-15(14-17)20-24(22,23)18-8-3-2-4-9-18/h2-9,14,16,19-20H,10-13H2,1H3. The van der Waals surface area contributed by atoms with E-state index in [0.29, 0.717) is 11.7 Å². The predicted molar refractivity (Wildman–Crippen MR) is 98.0 cm³/mol. The SMILES string of the molecule is CN(c1cccc(NS(=O)(=O)c2ccccc2)c1)C1CCNCC1. The second-order valence-corrected chi connectivity index (χ2v) is 7.74. The van der Waals surface area contributed by atoms with Crippen LogP contribution in [0.4, 0.5) is 11.4 Å². The maximum atomic E-state index is 12.5. The summed E-state index contributed by atoms with van der Waals surface area (Å²) in [5, 5.41) is 3.36. The smallest absolute Gasteiger partial charge is 0.261 e. The minimum Gasteiger partial charge on any atom is -0.371 e. The van der Waals surface area contributed by atoms with Gasteiger partial charge in [-0.1, -0.05) is 24.3 Å². The highest BCUT2D eigenvalue weighted by atomic mass is 32.2. The highest BCUT2D eigenvalue weighted by Gasteiger charge is 2.19. The van der Waals surface area contributed by atoms with E-state index in [4.69, 9.17) is 0 Å². The first-order valence-corrected chi connectivity index (χ1v) is 9.66. The average Bonchev–Trinajstić information content (AvgIpc) is 2.62. The number of piperidine rings is 1. The number of benzene rings is 2. The van der Waals surface area contributed by atoms with Gasteiger partial charge in [0.05, 0.1) is 10.6 Å². The number of hydrogen-bond acceptors (Lipinski definition) is 4. The van der Waals surface area contributed by atoms with Crippen LogP contribution in [-0.2, 0) is 10.0 Å². The monoisotopic (exact) mass is 345 g/mol. The van der Waals surface area contributed by atoms with Crippen molar-refractivity contribution in [3.05, 3.63) is 54.6 Å². The zero-order chi connectivity index (χ0) is 17.0. The van der Waals surface area contributed by atoms with Crippen LogP contribution in [0.15, 0.2) is 59.5 Å². The first-order chi connectivity index (χ1) is 11.6. The van der Waals surface area contributed by atoms with E-state index in [1.54, 1.807) is 36.4 Å². The molecule has 0 saturated carbocycles. The third-order valence-corrected chi connectivity index (χ3v) is 5.81. The van der Waals surface area contributed by atoms with Gasteiger partial charge in [0.25, 0.3) is 10.0 Å². The lowest BCUT2D eigenvalue weighted by molar-refractivity contribution is 0.443. The molecule has 6 heteroatoms. The molecular formula is C18H23N3O2S. The highest BCUT2D eigenvalue weighted by molar-refractivity contribution is 7.92. The van der Waals surface area contributed by atoms with Crippen LogP contribution in [0.2, 0.25) is 0 Å². The Kier molecular flexibility index (Phi) is 5.06. The normalized spacial score (nSPS) is 15.9.